The fourth-order valence-corrected chi connectivity index (χ4v) is 7.56. The van der Waals surface area contributed by atoms with Gasteiger partial charge in [0.25, 0.3) is 0 Å². The molecule has 174 valence electrons. The highest BCUT2D eigenvalue weighted by Gasteiger charge is 2.06. The minimum absolute atomic E-state index is 1.23. The van der Waals surface area contributed by atoms with E-state index in [2.05, 4.69) is 167 Å². The van der Waals surface area contributed by atoms with E-state index in [0.717, 1.165) is 0 Å². The molecule has 6 rings (SSSR count). The summed E-state index contributed by atoms with van der Waals surface area (Å²) in [4.78, 5) is 2.64. The Balaban J connectivity index is 1.17. The Hall–Kier alpha value is -2.26. The lowest BCUT2D eigenvalue weighted by Crippen LogP contribution is -1.83. The molecule has 2 aromatic heterocycles. The molecule has 0 radical (unpaired) electrons. The van der Waals surface area contributed by atoms with Crippen LogP contribution in [0.3, 0.4) is 0 Å². The molecule has 0 aliphatic rings. The highest BCUT2D eigenvalue weighted by Crippen LogP contribution is 2.33. The quantitative estimate of drug-likeness (QED) is 0.156. The van der Waals surface area contributed by atoms with Crippen LogP contribution in [0.25, 0.3) is 54.3 Å². The largest absolute Gasteiger partial charge is 0.129 e. The Labute approximate surface area is 247 Å². The van der Waals surface area contributed by atoms with Crippen LogP contribution in [-0.4, -0.2) is 0 Å². The number of thiophene rings is 2. The van der Waals surface area contributed by atoms with Crippen LogP contribution in [0.4, 0.5) is 0 Å². The van der Waals surface area contributed by atoms with Crippen LogP contribution >= 0.6 is 67.9 Å². The molecule has 0 N–H and O–H groups in total. The van der Waals surface area contributed by atoms with Crippen molar-refractivity contribution in [1.82, 2.24) is 0 Å². The summed E-state index contributed by atoms with van der Waals surface area (Å²) in [6.45, 7) is 0. The maximum absolute atomic E-state index is 2.38. The molecule has 36 heavy (non-hydrogen) atoms. The lowest BCUT2D eigenvalue weighted by molar-refractivity contribution is 1.57. The summed E-state index contributed by atoms with van der Waals surface area (Å²) in [6, 6.07) is 44.2. The summed E-state index contributed by atoms with van der Waals surface area (Å²) in [5, 5.41) is 0. The minimum atomic E-state index is 1.23. The van der Waals surface area contributed by atoms with Crippen molar-refractivity contribution in [2.24, 2.45) is 0 Å². The molecular weight excluding hydrogens is 702 g/mol. The Kier molecular flexibility index (Phi) is 7.11. The van der Waals surface area contributed by atoms with E-state index in [1.807, 2.05) is 22.7 Å². The average Bonchev–Trinajstić information content (AvgIpc) is 3.57. The summed E-state index contributed by atoms with van der Waals surface area (Å²) < 4.78 is 2.63. The molecule has 0 aliphatic heterocycles. The zero-order chi connectivity index (χ0) is 24.5. The van der Waals surface area contributed by atoms with E-state index in [-0.39, 0.29) is 0 Å². The van der Waals surface area contributed by atoms with E-state index in [9.17, 15) is 0 Å². The second kappa shape index (κ2) is 10.6. The fourth-order valence-electron chi connectivity index (χ4n) is 4.30. The van der Waals surface area contributed by atoms with Gasteiger partial charge in [0.1, 0.15) is 0 Å². The van der Waals surface area contributed by atoms with Crippen molar-refractivity contribution in [3.63, 3.8) is 0 Å². The molecule has 6 aromatic rings. The molecule has 4 aromatic carbocycles. The van der Waals surface area contributed by atoms with Crippen LogP contribution in [0.15, 0.2) is 121 Å². The molecule has 0 saturated heterocycles. The van der Waals surface area contributed by atoms with Crippen molar-refractivity contribution in [3.05, 3.63) is 127 Å². The minimum Gasteiger partial charge on any atom is -0.129 e. The molecule has 0 saturated carbocycles. The molecule has 0 fully saturated rings. The average molecular weight is 722 g/mol. The van der Waals surface area contributed by atoms with Gasteiger partial charge in [-0.1, -0.05) is 97.1 Å². The van der Waals surface area contributed by atoms with Crippen molar-refractivity contribution in [2.75, 3.05) is 0 Å². The summed E-state index contributed by atoms with van der Waals surface area (Å²) in [5.74, 6) is 0. The van der Waals surface area contributed by atoms with Crippen molar-refractivity contribution in [2.45, 2.75) is 0 Å². The van der Waals surface area contributed by atoms with E-state index in [4.69, 9.17) is 0 Å². The second-order valence-corrected chi connectivity index (χ2v) is 14.5. The van der Waals surface area contributed by atoms with Crippen LogP contribution in [-0.2, 0) is 0 Å². The second-order valence-electron chi connectivity index (χ2n) is 8.52. The first-order chi connectivity index (χ1) is 17.6. The smallest absolute Gasteiger partial charge is 0.0660 e. The molecule has 0 amide bonds. The standard InChI is InChI=1S/C32H20I2S2/c33-31-19-17-29(35-31)27-13-9-25(10-14-27)23-5-1-21(2-6-23)22-3-7-24(8-4-22)26-11-15-28(16-12-26)30-18-20-32(34)36-30/h1-20H. The van der Waals surface area contributed by atoms with Crippen LogP contribution in [0.2, 0.25) is 0 Å². The van der Waals surface area contributed by atoms with Gasteiger partial charge < -0.3 is 0 Å². The summed E-state index contributed by atoms with van der Waals surface area (Å²) in [6.07, 6.45) is 0. The Bertz CT molecular complexity index is 1480. The highest BCUT2D eigenvalue weighted by atomic mass is 127. The predicted molar refractivity (Wildman–Crippen MR) is 175 cm³/mol. The lowest BCUT2D eigenvalue weighted by Gasteiger charge is -2.08. The fraction of sp³-hybridized carbons (Fsp3) is 0. The summed E-state index contributed by atoms with van der Waals surface area (Å²) in [7, 11) is 0. The van der Waals surface area contributed by atoms with Crippen LogP contribution in [0.5, 0.6) is 0 Å². The maximum atomic E-state index is 2.38. The van der Waals surface area contributed by atoms with Gasteiger partial charge in [0, 0.05) is 9.75 Å². The molecule has 0 nitrogen and oxygen atoms in total. The zero-order valence-electron chi connectivity index (χ0n) is 19.1. The Morgan fingerprint density at radius 3 is 0.694 bits per heavy atom. The normalized spacial score (nSPS) is 11.1. The third kappa shape index (κ3) is 5.23. The predicted octanol–water partition coefficient (Wildman–Crippen LogP) is 11.4. The van der Waals surface area contributed by atoms with Gasteiger partial charge >= 0.3 is 0 Å². The molecule has 0 aliphatic carbocycles. The first-order valence-electron chi connectivity index (χ1n) is 11.6. The molecule has 2 heterocycles. The first kappa shape index (κ1) is 24.1. The van der Waals surface area contributed by atoms with E-state index in [1.54, 1.807) is 0 Å². The Morgan fingerprint density at radius 1 is 0.278 bits per heavy atom. The SMILES string of the molecule is Ic1ccc(-c2ccc(-c3ccc(-c4ccc(-c5ccc(-c6ccc(I)s6)cc5)cc4)cc3)cc2)s1. The topological polar surface area (TPSA) is 0 Å². The molecule has 0 unspecified atom stereocenters. The van der Waals surface area contributed by atoms with E-state index in [1.165, 1.54) is 60.0 Å². The van der Waals surface area contributed by atoms with Gasteiger partial charge in [-0.15, -0.1) is 22.7 Å². The number of rotatable bonds is 5. The number of hydrogen-bond acceptors (Lipinski definition) is 2. The van der Waals surface area contributed by atoms with E-state index < -0.39 is 0 Å². The summed E-state index contributed by atoms with van der Waals surface area (Å²) >= 11 is 8.41. The summed E-state index contributed by atoms with van der Waals surface area (Å²) in [5.41, 5.74) is 9.99. The van der Waals surface area contributed by atoms with Crippen LogP contribution in [0.1, 0.15) is 0 Å². The molecular formula is C32H20I2S2. The van der Waals surface area contributed by atoms with Crippen LogP contribution in [0, 0.1) is 5.77 Å². The molecule has 4 heteroatoms. The highest BCUT2D eigenvalue weighted by molar-refractivity contribution is 14.1. The van der Waals surface area contributed by atoms with Gasteiger partial charge in [0.05, 0.1) is 5.77 Å². The third-order valence-electron chi connectivity index (χ3n) is 6.26. The van der Waals surface area contributed by atoms with Gasteiger partial charge in [0.15, 0.2) is 0 Å². The van der Waals surface area contributed by atoms with Crippen molar-refractivity contribution < 1.29 is 0 Å². The lowest BCUT2D eigenvalue weighted by atomic mass is 9.97. The maximum Gasteiger partial charge on any atom is 0.0660 e. The van der Waals surface area contributed by atoms with Crippen molar-refractivity contribution in [3.8, 4) is 54.3 Å². The Morgan fingerprint density at radius 2 is 0.500 bits per heavy atom. The van der Waals surface area contributed by atoms with Crippen molar-refractivity contribution in [1.29, 1.82) is 0 Å². The van der Waals surface area contributed by atoms with Gasteiger partial charge in [-0.05, 0) is 114 Å². The first-order valence-corrected chi connectivity index (χ1v) is 15.3. The van der Waals surface area contributed by atoms with E-state index in [0.29, 0.717) is 0 Å². The van der Waals surface area contributed by atoms with Gasteiger partial charge in [-0.3, -0.25) is 0 Å². The molecule has 0 atom stereocenters. The monoisotopic (exact) mass is 722 g/mol. The zero-order valence-corrected chi connectivity index (χ0v) is 25.1. The van der Waals surface area contributed by atoms with Crippen molar-refractivity contribution >= 4 is 67.9 Å². The number of halogens is 2. The van der Waals surface area contributed by atoms with Crippen LogP contribution < -0.4 is 0 Å². The number of hydrogen-bond donors (Lipinski definition) is 0. The van der Waals surface area contributed by atoms with Gasteiger partial charge in [-0.25, -0.2) is 0 Å². The molecule has 0 spiro atoms. The van der Waals surface area contributed by atoms with E-state index >= 15 is 0 Å². The number of benzene rings is 4. The van der Waals surface area contributed by atoms with Gasteiger partial charge in [0.2, 0.25) is 0 Å². The molecule has 0 bridgehead atoms. The third-order valence-corrected chi connectivity index (χ3v) is 10.1. The van der Waals surface area contributed by atoms with Gasteiger partial charge in [-0.2, -0.15) is 0 Å².